The maximum atomic E-state index is 5.46. The topological polar surface area (TPSA) is 50.1 Å². The Morgan fingerprint density at radius 2 is 2.12 bits per heavy atom. The van der Waals surface area contributed by atoms with Crippen molar-refractivity contribution < 1.29 is 0 Å². The van der Waals surface area contributed by atoms with Gasteiger partial charge in [-0.05, 0) is 61.8 Å². The summed E-state index contributed by atoms with van der Waals surface area (Å²) in [6, 6.07) is 8.37. The highest BCUT2D eigenvalue weighted by Gasteiger charge is 2.15. The molecule has 0 spiro atoms. The van der Waals surface area contributed by atoms with Gasteiger partial charge in [-0.1, -0.05) is 12.1 Å². The van der Waals surface area contributed by atoms with Crippen LogP contribution in [-0.4, -0.2) is 18.2 Å². The molecule has 0 aromatic heterocycles. The smallest absolute Gasteiger partial charge is 0.168 e. The number of nitrogens with one attached hydrogen (secondary N) is 2. The molecule has 4 N–H and O–H groups in total. The molecule has 1 aliphatic heterocycles. The van der Waals surface area contributed by atoms with Crippen molar-refractivity contribution in [1.29, 1.82) is 0 Å². The standard InChI is InChI=1S/C12H17N3S/c13-12(16)15-11-3-1-2-10(8-11)9-4-6-14-7-5-9/h1-3,8-9,14H,4-7H2,(H3,13,15,16). The third-order valence-electron chi connectivity index (χ3n) is 2.96. The zero-order valence-corrected chi connectivity index (χ0v) is 10.0. The molecule has 1 aromatic rings. The number of piperidine rings is 1. The summed E-state index contributed by atoms with van der Waals surface area (Å²) in [6.07, 6.45) is 2.41. The predicted molar refractivity (Wildman–Crippen MR) is 71.7 cm³/mol. The predicted octanol–water partition coefficient (Wildman–Crippen LogP) is 1.81. The minimum absolute atomic E-state index is 0.322. The summed E-state index contributed by atoms with van der Waals surface area (Å²) in [5.74, 6) is 0.661. The first-order chi connectivity index (χ1) is 7.75. The first kappa shape index (κ1) is 11.4. The number of nitrogens with two attached hydrogens (primary N) is 1. The highest BCUT2D eigenvalue weighted by atomic mass is 32.1. The SMILES string of the molecule is NC(=S)Nc1cccc(C2CCNCC2)c1. The largest absolute Gasteiger partial charge is 0.376 e. The average Bonchev–Trinajstić information content (AvgIpc) is 2.30. The van der Waals surface area contributed by atoms with E-state index in [1.54, 1.807) is 0 Å². The van der Waals surface area contributed by atoms with Crippen LogP contribution in [0.5, 0.6) is 0 Å². The van der Waals surface area contributed by atoms with Crippen LogP contribution in [0.1, 0.15) is 24.3 Å². The third kappa shape index (κ3) is 2.93. The molecule has 0 aliphatic carbocycles. The molecule has 1 aromatic carbocycles. The van der Waals surface area contributed by atoms with Crippen molar-refractivity contribution in [3.05, 3.63) is 29.8 Å². The Morgan fingerprint density at radius 1 is 1.38 bits per heavy atom. The van der Waals surface area contributed by atoms with E-state index in [1.807, 2.05) is 6.07 Å². The van der Waals surface area contributed by atoms with Gasteiger partial charge < -0.3 is 16.4 Å². The third-order valence-corrected chi connectivity index (χ3v) is 3.07. The van der Waals surface area contributed by atoms with Crippen LogP contribution in [0.3, 0.4) is 0 Å². The molecule has 1 aliphatic rings. The average molecular weight is 235 g/mol. The molecule has 0 radical (unpaired) electrons. The fourth-order valence-electron chi connectivity index (χ4n) is 2.17. The van der Waals surface area contributed by atoms with Crippen molar-refractivity contribution in [2.45, 2.75) is 18.8 Å². The van der Waals surface area contributed by atoms with Crippen molar-refractivity contribution >= 4 is 23.0 Å². The summed E-state index contributed by atoms with van der Waals surface area (Å²) in [5.41, 5.74) is 7.83. The molecular formula is C12H17N3S. The van der Waals surface area contributed by atoms with E-state index >= 15 is 0 Å². The second-order valence-corrected chi connectivity index (χ2v) is 4.58. The van der Waals surface area contributed by atoms with E-state index in [4.69, 9.17) is 18.0 Å². The number of rotatable bonds is 2. The van der Waals surface area contributed by atoms with Gasteiger partial charge in [0.2, 0.25) is 0 Å². The van der Waals surface area contributed by atoms with Gasteiger partial charge in [0.25, 0.3) is 0 Å². The summed E-state index contributed by atoms with van der Waals surface area (Å²) in [4.78, 5) is 0. The van der Waals surface area contributed by atoms with Gasteiger partial charge in [0.1, 0.15) is 0 Å². The lowest BCUT2D eigenvalue weighted by Crippen LogP contribution is -2.26. The van der Waals surface area contributed by atoms with E-state index < -0.39 is 0 Å². The van der Waals surface area contributed by atoms with E-state index in [2.05, 4.69) is 28.8 Å². The Balaban J connectivity index is 2.11. The zero-order valence-electron chi connectivity index (χ0n) is 9.20. The molecule has 4 heteroatoms. The summed E-state index contributed by atoms with van der Waals surface area (Å²) in [7, 11) is 0. The van der Waals surface area contributed by atoms with Gasteiger partial charge in [-0.3, -0.25) is 0 Å². The Kier molecular flexibility index (Phi) is 3.74. The fraction of sp³-hybridized carbons (Fsp3) is 0.417. The van der Waals surface area contributed by atoms with Gasteiger partial charge in [0.15, 0.2) is 5.11 Å². The van der Waals surface area contributed by atoms with Crippen LogP contribution in [0.2, 0.25) is 0 Å². The van der Waals surface area contributed by atoms with Crippen LogP contribution in [0.15, 0.2) is 24.3 Å². The minimum Gasteiger partial charge on any atom is -0.376 e. The monoisotopic (exact) mass is 235 g/mol. The fourth-order valence-corrected chi connectivity index (χ4v) is 2.29. The van der Waals surface area contributed by atoms with E-state index in [1.165, 1.54) is 18.4 Å². The zero-order chi connectivity index (χ0) is 11.4. The molecule has 3 nitrogen and oxygen atoms in total. The van der Waals surface area contributed by atoms with Crippen molar-refractivity contribution in [1.82, 2.24) is 5.32 Å². The molecule has 1 heterocycles. The van der Waals surface area contributed by atoms with Gasteiger partial charge in [-0.15, -0.1) is 0 Å². The number of benzene rings is 1. The Morgan fingerprint density at radius 3 is 2.81 bits per heavy atom. The molecule has 0 amide bonds. The van der Waals surface area contributed by atoms with Gasteiger partial charge in [0, 0.05) is 5.69 Å². The number of thiocarbonyl (C=S) groups is 1. The summed E-state index contributed by atoms with van der Waals surface area (Å²) in [6.45, 7) is 2.22. The van der Waals surface area contributed by atoms with Crippen molar-refractivity contribution in [3.8, 4) is 0 Å². The van der Waals surface area contributed by atoms with Crippen LogP contribution in [0, 0.1) is 0 Å². The second-order valence-electron chi connectivity index (χ2n) is 4.14. The maximum Gasteiger partial charge on any atom is 0.168 e. The van der Waals surface area contributed by atoms with Crippen molar-refractivity contribution in [2.75, 3.05) is 18.4 Å². The maximum absolute atomic E-state index is 5.46. The molecule has 1 saturated heterocycles. The van der Waals surface area contributed by atoms with Crippen LogP contribution in [-0.2, 0) is 0 Å². The Bertz CT molecular complexity index is 372. The number of hydrogen-bond donors (Lipinski definition) is 3. The van der Waals surface area contributed by atoms with Gasteiger partial charge in [0.05, 0.1) is 0 Å². The highest BCUT2D eigenvalue weighted by Crippen LogP contribution is 2.26. The van der Waals surface area contributed by atoms with Crippen LogP contribution in [0.25, 0.3) is 0 Å². The van der Waals surface area contributed by atoms with E-state index in [0.717, 1.165) is 18.8 Å². The van der Waals surface area contributed by atoms with E-state index in [0.29, 0.717) is 11.0 Å². The molecular weight excluding hydrogens is 218 g/mol. The first-order valence-electron chi connectivity index (χ1n) is 5.63. The van der Waals surface area contributed by atoms with E-state index in [-0.39, 0.29) is 0 Å². The lowest BCUT2D eigenvalue weighted by Gasteiger charge is -2.23. The number of hydrogen-bond acceptors (Lipinski definition) is 2. The molecule has 1 fully saturated rings. The normalized spacial score (nSPS) is 17.0. The van der Waals surface area contributed by atoms with Gasteiger partial charge >= 0.3 is 0 Å². The Hall–Kier alpha value is -1.13. The van der Waals surface area contributed by atoms with Crippen LogP contribution < -0.4 is 16.4 Å². The molecule has 0 saturated carbocycles. The molecule has 86 valence electrons. The van der Waals surface area contributed by atoms with Gasteiger partial charge in [-0.2, -0.15) is 0 Å². The number of anilines is 1. The first-order valence-corrected chi connectivity index (χ1v) is 6.03. The molecule has 16 heavy (non-hydrogen) atoms. The minimum atomic E-state index is 0.322. The quantitative estimate of drug-likeness (QED) is 0.684. The highest BCUT2D eigenvalue weighted by molar-refractivity contribution is 7.80. The molecule has 0 bridgehead atoms. The lowest BCUT2D eigenvalue weighted by molar-refractivity contribution is 0.460. The molecule has 0 atom stereocenters. The Labute approximate surface area is 101 Å². The van der Waals surface area contributed by atoms with Crippen LogP contribution >= 0.6 is 12.2 Å². The second kappa shape index (κ2) is 5.27. The van der Waals surface area contributed by atoms with Crippen molar-refractivity contribution in [2.24, 2.45) is 5.73 Å². The van der Waals surface area contributed by atoms with E-state index in [9.17, 15) is 0 Å². The van der Waals surface area contributed by atoms with Crippen LogP contribution in [0.4, 0.5) is 5.69 Å². The summed E-state index contributed by atoms with van der Waals surface area (Å²) < 4.78 is 0. The van der Waals surface area contributed by atoms with Crippen molar-refractivity contribution in [3.63, 3.8) is 0 Å². The summed E-state index contributed by atoms with van der Waals surface area (Å²) in [5, 5.41) is 6.67. The summed E-state index contributed by atoms with van der Waals surface area (Å²) >= 11 is 4.83. The lowest BCUT2D eigenvalue weighted by atomic mass is 9.90. The molecule has 2 rings (SSSR count). The van der Waals surface area contributed by atoms with Gasteiger partial charge in [-0.25, -0.2) is 0 Å². The molecule has 0 unspecified atom stereocenters.